The Balaban J connectivity index is 2.63. The summed E-state index contributed by atoms with van der Waals surface area (Å²) in [6.07, 6.45) is -3.99. The number of anilines is 1. The average Bonchev–Trinajstić information content (AvgIpc) is 2.50. The molecule has 2 rings (SSSR count). The first-order valence-corrected chi connectivity index (χ1v) is 6.00. The van der Waals surface area contributed by atoms with Gasteiger partial charge in [0.1, 0.15) is 6.09 Å². The molecule has 0 saturated carbocycles. The van der Waals surface area contributed by atoms with Gasteiger partial charge in [-0.1, -0.05) is 6.07 Å². The van der Waals surface area contributed by atoms with Crippen molar-refractivity contribution in [2.24, 2.45) is 0 Å². The zero-order chi connectivity index (χ0) is 14.2. The first kappa shape index (κ1) is 13.7. The number of hydrogen-bond donors (Lipinski definition) is 0. The second kappa shape index (κ2) is 4.75. The summed E-state index contributed by atoms with van der Waals surface area (Å²) in [4.78, 5) is 12.0. The molecule has 104 valence electrons. The summed E-state index contributed by atoms with van der Waals surface area (Å²) >= 11 is 0. The van der Waals surface area contributed by atoms with E-state index >= 15 is 0 Å². The Labute approximate surface area is 108 Å². The number of amides is 1. The lowest BCUT2D eigenvalue weighted by Crippen LogP contribution is -2.42. The fourth-order valence-corrected chi connectivity index (χ4v) is 2.52. The summed E-state index contributed by atoms with van der Waals surface area (Å²) in [5, 5.41) is 11.1. The zero-order valence-corrected chi connectivity index (χ0v) is 10.4. The lowest BCUT2D eigenvalue weighted by Gasteiger charge is -2.28. The molecule has 1 aliphatic rings. The quantitative estimate of drug-likeness (QED) is 0.728. The van der Waals surface area contributed by atoms with Crippen LogP contribution in [0.1, 0.15) is 29.5 Å². The maximum atomic E-state index is 12.9. The molecular formula is C13H13F3NO2-. The van der Waals surface area contributed by atoms with E-state index in [2.05, 4.69) is 0 Å². The number of alkyl halides is 3. The zero-order valence-electron chi connectivity index (χ0n) is 10.4. The number of benzene rings is 1. The highest BCUT2D eigenvalue weighted by molar-refractivity contribution is 5.87. The Morgan fingerprint density at radius 3 is 2.58 bits per heavy atom. The van der Waals surface area contributed by atoms with Gasteiger partial charge in [-0.05, 0) is 43.4 Å². The van der Waals surface area contributed by atoms with Gasteiger partial charge in [-0.25, -0.2) is 0 Å². The molecule has 0 radical (unpaired) electrons. The van der Waals surface area contributed by atoms with Gasteiger partial charge in [0.25, 0.3) is 0 Å². The van der Waals surface area contributed by atoms with Crippen molar-refractivity contribution in [2.75, 3.05) is 11.4 Å². The van der Waals surface area contributed by atoms with Gasteiger partial charge in [0.05, 0.1) is 5.56 Å². The first-order valence-electron chi connectivity index (χ1n) is 6.00. The Bertz CT molecular complexity index is 511. The van der Waals surface area contributed by atoms with Crippen molar-refractivity contribution in [3.63, 3.8) is 0 Å². The average molecular weight is 272 g/mol. The summed E-state index contributed by atoms with van der Waals surface area (Å²) in [6, 6.07) is 2.39. The van der Waals surface area contributed by atoms with Crippen molar-refractivity contribution < 1.29 is 23.1 Å². The molecule has 0 N–H and O–H groups in total. The van der Waals surface area contributed by atoms with Crippen molar-refractivity contribution >= 4 is 11.8 Å². The SMILES string of the molecule is Cc1c(C(F)(F)F)ccc2c1N(C(=O)[O-])CCCC2. The molecule has 1 aromatic rings. The van der Waals surface area contributed by atoms with Gasteiger partial charge >= 0.3 is 6.18 Å². The van der Waals surface area contributed by atoms with Gasteiger partial charge in [0, 0.05) is 12.2 Å². The second-order valence-electron chi connectivity index (χ2n) is 4.62. The van der Waals surface area contributed by atoms with E-state index in [1.54, 1.807) is 0 Å². The summed E-state index contributed by atoms with van der Waals surface area (Å²) in [5.74, 6) is 0. The van der Waals surface area contributed by atoms with E-state index < -0.39 is 17.8 Å². The number of carbonyl (C=O) groups is 1. The van der Waals surface area contributed by atoms with Crippen LogP contribution in [-0.4, -0.2) is 12.6 Å². The monoisotopic (exact) mass is 272 g/mol. The normalized spacial score (nSPS) is 15.9. The maximum absolute atomic E-state index is 12.9. The van der Waals surface area contributed by atoms with Crippen LogP contribution in [0.3, 0.4) is 0 Å². The van der Waals surface area contributed by atoms with Crippen LogP contribution in [0.25, 0.3) is 0 Å². The molecular weight excluding hydrogens is 259 g/mol. The van der Waals surface area contributed by atoms with Crippen molar-refractivity contribution in [3.8, 4) is 0 Å². The van der Waals surface area contributed by atoms with E-state index in [0.717, 1.165) is 17.4 Å². The minimum atomic E-state index is -4.48. The number of carboxylic acid groups (broad SMARTS) is 1. The predicted molar refractivity (Wildman–Crippen MR) is 61.9 cm³/mol. The molecule has 0 saturated heterocycles. The summed E-state index contributed by atoms with van der Waals surface area (Å²) in [7, 11) is 0. The van der Waals surface area contributed by atoms with E-state index in [4.69, 9.17) is 0 Å². The van der Waals surface area contributed by atoms with Crippen LogP contribution in [0.5, 0.6) is 0 Å². The van der Waals surface area contributed by atoms with E-state index in [0.29, 0.717) is 18.4 Å². The van der Waals surface area contributed by atoms with Gasteiger partial charge in [0.2, 0.25) is 0 Å². The number of carbonyl (C=O) groups excluding carboxylic acids is 1. The molecule has 19 heavy (non-hydrogen) atoms. The molecule has 0 fully saturated rings. The third-order valence-electron chi connectivity index (χ3n) is 3.39. The van der Waals surface area contributed by atoms with Gasteiger partial charge in [-0.2, -0.15) is 13.2 Å². The third kappa shape index (κ3) is 2.52. The van der Waals surface area contributed by atoms with E-state index in [1.807, 2.05) is 0 Å². The van der Waals surface area contributed by atoms with E-state index in [-0.39, 0.29) is 17.8 Å². The highest BCUT2D eigenvalue weighted by Gasteiger charge is 2.34. The molecule has 0 unspecified atom stereocenters. The van der Waals surface area contributed by atoms with Crippen molar-refractivity contribution in [2.45, 2.75) is 32.4 Å². The van der Waals surface area contributed by atoms with E-state index in [1.165, 1.54) is 13.0 Å². The van der Waals surface area contributed by atoms with Crippen LogP contribution in [0.15, 0.2) is 12.1 Å². The fourth-order valence-electron chi connectivity index (χ4n) is 2.52. The molecule has 1 aromatic carbocycles. The summed E-state index contributed by atoms with van der Waals surface area (Å²) in [5.41, 5.74) is -0.0602. The second-order valence-corrected chi connectivity index (χ2v) is 4.62. The van der Waals surface area contributed by atoms with Crippen molar-refractivity contribution in [1.82, 2.24) is 0 Å². The van der Waals surface area contributed by atoms with Crippen molar-refractivity contribution in [1.29, 1.82) is 0 Å². The number of aryl methyl sites for hydroxylation is 1. The molecule has 1 aliphatic heterocycles. The Kier molecular flexibility index (Phi) is 3.43. The summed E-state index contributed by atoms with van der Waals surface area (Å²) in [6.45, 7) is 1.49. The van der Waals surface area contributed by atoms with Gasteiger partial charge in [0.15, 0.2) is 0 Å². The van der Waals surface area contributed by atoms with Crippen LogP contribution >= 0.6 is 0 Å². The molecule has 0 spiro atoms. The molecule has 0 bridgehead atoms. The standard InChI is InChI=1S/C13H14F3NO2/c1-8-10(13(14,15)16)6-5-9-4-2-3-7-17(11(8)9)12(18)19/h5-6H,2-4,7H2,1H3,(H,18,19)/p-1. The van der Waals surface area contributed by atoms with Crippen LogP contribution in [0.2, 0.25) is 0 Å². The van der Waals surface area contributed by atoms with Crippen LogP contribution in [0, 0.1) is 6.92 Å². The van der Waals surface area contributed by atoms with Gasteiger partial charge in [-0.15, -0.1) is 0 Å². The molecule has 0 atom stereocenters. The van der Waals surface area contributed by atoms with Crippen LogP contribution in [0.4, 0.5) is 23.7 Å². The van der Waals surface area contributed by atoms with Gasteiger partial charge < -0.3 is 14.8 Å². The number of nitrogens with zero attached hydrogens (tertiary/aromatic N) is 1. The highest BCUT2D eigenvalue weighted by atomic mass is 19.4. The Hall–Kier alpha value is -1.72. The highest BCUT2D eigenvalue weighted by Crippen LogP contribution is 2.39. The number of halogens is 3. The molecule has 6 heteroatoms. The largest absolute Gasteiger partial charge is 0.530 e. The van der Waals surface area contributed by atoms with Crippen molar-refractivity contribution in [3.05, 3.63) is 28.8 Å². The number of fused-ring (bicyclic) bond motifs is 1. The Morgan fingerprint density at radius 1 is 1.32 bits per heavy atom. The fraction of sp³-hybridized carbons (Fsp3) is 0.462. The maximum Gasteiger partial charge on any atom is 0.416 e. The molecule has 1 amide bonds. The predicted octanol–water partition coefficient (Wildman–Crippen LogP) is 2.50. The number of rotatable bonds is 0. The Morgan fingerprint density at radius 2 is 2.00 bits per heavy atom. The minimum Gasteiger partial charge on any atom is -0.530 e. The lowest BCUT2D eigenvalue weighted by molar-refractivity contribution is -0.246. The van der Waals surface area contributed by atoms with Crippen LogP contribution in [-0.2, 0) is 12.6 Å². The van der Waals surface area contributed by atoms with Crippen LogP contribution < -0.4 is 10.0 Å². The number of hydrogen-bond acceptors (Lipinski definition) is 2. The lowest BCUT2D eigenvalue weighted by atomic mass is 9.98. The molecule has 1 heterocycles. The van der Waals surface area contributed by atoms with E-state index in [9.17, 15) is 23.1 Å². The smallest absolute Gasteiger partial charge is 0.416 e. The topological polar surface area (TPSA) is 43.4 Å². The van der Waals surface area contributed by atoms with Gasteiger partial charge in [-0.3, -0.25) is 0 Å². The summed E-state index contributed by atoms with van der Waals surface area (Å²) < 4.78 is 38.6. The molecule has 0 aromatic heterocycles. The third-order valence-corrected chi connectivity index (χ3v) is 3.39. The molecule has 3 nitrogen and oxygen atoms in total. The minimum absolute atomic E-state index is 0.0453. The first-order chi connectivity index (χ1) is 8.82. The molecule has 0 aliphatic carbocycles.